The number of nitrogens with zero attached hydrogens (tertiary/aromatic N) is 4. The highest BCUT2D eigenvalue weighted by Crippen LogP contribution is 2.32. The molecule has 9 heteroatoms. The van der Waals surface area contributed by atoms with Gasteiger partial charge in [-0.2, -0.15) is 9.97 Å². The number of H-pyrrole nitrogens is 1. The summed E-state index contributed by atoms with van der Waals surface area (Å²) in [7, 11) is 0. The molecule has 0 aliphatic heterocycles. The summed E-state index contributed by atoms with van der Waals surface area (Å²) < 4.78 is 10.4. The number of aromatic nitrogens is 5. The molecule has 1 atom stereocenters. The van der Waals surface area contributed by atoms with Gasteiger partial charge in [-0.1, -0.05) is 16.9 Å². The van der Waals surface area contributed by atoms with E-state index in [9.17, 15) is 0 Å². The van der Waals surface area contributed by atoms with Crippen molar-refractivity contribution in [3.05, 3.63) is 24.3 Å². The number of furan rings is 1. The lowest BCUT2D eigenvalue weighted by Gasteiger charge is -2.00. The highest BCUT2D eigenvalue weighted by molar-refractivity contribution is 7.99. The number of nitrogens with one attached hydrogen (secondary N) is 1. The summed E-state index contributed by atoms with van der Waals surface area (Å²) >= 11 is 1.37. The number of anilines is 1. The normalized spacial score (nSPS) is 12.7. The molecule has 0 aliphatic rings. The molecule has 0 bridgehead atoms. The van der Waals surface area contributed by atoms with E-state index in [4.69, 9.17) is 14.7 Å². The summed E-state index contributed by atoms with van der Waals surface area (Å²) in [6.07, 6.45) is 1.56. The van der Waals surface area contributed by atoms with Gasteiger partial charge in [0.2, 0.25) is 22.8 Å². The van der Waals surface area contributed by atoms with Crippen LogP contribution in [0.25, 0.3) is 11.6 Å². The van der Waals surface area contributed by atoms with Crippen molar-refractivity contribution in [3.63, 3.8) is 0 Å². The number of aromatic amines is 1. The summed E-state index contributed by atoms with van der Waals surface area (Å²) in [6, 6.07) is 3.53. The van der Waals surface area contributed by atoms with Crippen LogP contribution < -0.4 is 5.73 Å². The Morgan fingerprint density at radius 3 is 3.00 bits per heavy atom. The number of thioether (sulfide) groups is 1. The summed E-state index contributed by atoms with van der Waals surface area (Å²) in [4.78, 5) is 8.26. The van der Waals surface area contributed by atoms with Crippen LogP contribution in [0.3, 0.4) is 0 Å². The summed E-state index contributed by atoms with van der Waals surface area (Å²) in [5, 5.41) is 10.8. The fourth-order valence-electron chi connectivity index (χ4n) is 1.43. The molecule has 0 saturated carbocycles. The third-order valence-electron chi connectivity index (χ3n) is 2.30. The molecule has 19 heavy (non-hydrogen) atoms. The van der Waals surface area contributed by atoms with Gasteiger partial charge in [0.1, 0.15) is 0 Å². The minimum atomic E-state index is -0.0913. The van der Waals surface area contributed by atoms with E-state index in [0.29, 0.717) is 22.6 Å². The number of nitrogens with two attached hydrogens (primary N) is 1. The van der Waals surface area contributed by atoms with Crippen LogP contribution in [-0.2, 0) is 0 Å². The molecule has 3 aromatic heterocycles. The average molecular weight is 278 g/mol. The van der Waals surface area contributed by atoms with Gasteiger partial charge in [-0.3, -0.25) is 0 Å². The average Bonchev–Trinajstić information content (AvgIpc) is 3.08. The quantitative estimate of drug-likeness (QED) is 0.694. The van der Waals surface area contributed by atoms with Crippen LogP contribution >= 0.6 is 11.8 Å². The van der Waals surface area contributed by atoms with Crippen molar-refractivity contribution in [1.29, 1.82) is 0 Å². The number of hydrogen-bond donors (Lipinski definition) is 2. The smallest absolute Gasteiger partial charge is 0.240 e. The molecule has 98 valence electrons. The molecule has 3 aromatic rings. The van der Waals surface area contributed by atoms with Crippen LogP contribution in [0.1, 0.15) is 18.1 Å². The molecule has 3 N–H and O–H groups in total. The van der Waals surface area contributed by atoms with Gasteiger partial charge >= 0.3 is 0 Å². The molecule has 0 aliphatic carbocycles. The van der Waals surface area contributed by atoms with Crippen molar-refractivity contribution in [3.8, 4) is 11.6 Å². The largest absolute Gasteiger partial charge is 0.461 e. The Hall–Kier alpha value is -2.29. The molecule has 8 nitrogen and oxygen atoms in total. The monoisotopic (exact) mass is 278 g/mol. The van der Waals surface area contributed by atoms with Gasteiger partial charge in [0.15, 0.2) is 5.76 Å². The van der Waals surface area contributed by atoms with Gasteiger partial charge in [0.05, 0.1) is 11.5 Å². The second-order valence-electron chi connectivity index (χ2n) is 3.70. The summed E-state index contributed by atoms with van der Waals surface area (Å²) in [6.45, 7) is 1.91. The van der Waals surface area contributed by atoms with Crippen molar-refractivity contribution < 1.29 is 8.94 Å². The zero-order valence-corrected chi connectivity index (χ0v) is 10.7. The Balaban J connectivity index is 1.75. The van der Waals surface area contributed by atoms with Gasteiger partial charge in [-0.15, -0.1) is 5.10 Å². The van der Waals surface area contributed by atoms with E-state index in [2.05, 4.69) is 25.3 Å². The minimum absolute atomic E-state index is 0.0913. The highest BCUT2D eigenvalue weighted by Gasteiger charge is 2.19. The van der Waals surface area contributed by atoms with E-state index in [1.807, 2.05) is 6.92 Å². The summed E-state index contributed by atoms with van der Waals surface area (Å²) in [5.41, 5.74) is 5.45. The lowest BCUT2D eigenvalue weighted by atomic mass is 10.4. The van der Waals surface area contributed by atoms with Gasteiger partial charge in [0.25, 0.3) is 0 Å². The lowest BCUT2D eigenvalue weighted by Crippen LogP contribution is -1.90. The second kappa shape index (κ2) is 4.76. The van der Waals surface area contributed by atoms with Crippen molar-refractivity contribution in [1.82, 2.24) is 25.3 Å². The van der Waals surface area contributed by atoms with Crippen LogP contribution in [0.15, 0.2) is 32.5 Å². The van der Waals surface area contributed by atoms with E-state index >= 15 is 0 Å². The SMILES string of the molecule is C[C@@H](Sc1n[nH]c(N)n1)c1nc(-c2ccco2)no1. The highest BCUT2D eigenvalue weighted by atomic mass is 32.2. The summed E-state index contributed by atoms with van der Waals surface area (Å²) in [5.74, 6) is 1.73. The van der Waals surface area contributed by atoms with Gasteiger partial charge < -0.3 is 14.7 Å². The molecule has 0 radical (unpaired) electrons. The molecule has 3 rings (SSSR count). The Morgan fingerprint density at radius 2 is 2.32 bits per heavy atom. The molecule has 0 saturated heterocycles. The van der Waals surface area contributed by atoms with Crippen molar-refractivity contribution in [2.75, 3.05) is 5.73 Å². The molecule has 0 aromatic carbocycles. The molecular formula is C10H10N6O2S. The fourth-order valence-corrected chi connectivity index (χ4v) is 2.19. The van der Waals surface area contributed by atoms with Crippen LogP contribution in [-0.4, -0.2) is 25.3 Å². The predicted molar refractivity (Wildman–Crippen MR) is 67.1 cm³/mol. The second-order valence-corrected chi connectivity index (χ2v) is 5.00. The first kappa shape index (κ1) is 11.8. The molecule has 0 fully saturated rings. The maximum atomic E-state index is 5.45. The van der Waals surface area contributed by atoms with E-state index < -0.39 is 0 Å². The van der Waals surface area contributed by atoms with Crippen LogP contribution in [0.2, 0.25) is 0 Å². The predicted octanol–water partition coefficient (Wildman–Crippen LogP) is 1.88. The van der Waals surface area contributed by atoms with Crippen LogP contribution in [0, 0.1) is 0 Å². The zero-order chi connectivity index (χ0) is 13.2. The van der Waals surface area contributed by atoms with E-state index in [1.165, 1.54) is 11.8 Å². The van der Waals surface area contributed by atoms with E-state index in [1.54, 1.807) is 18.4 Å². The molecular weight excluding hydrogens is 268 g/mol. The lowest BCUT2D eigenvalue weighted by molar-refractivity contribution is 0.379. The zero-order valence-electron chi connectivity index (χ0n) is 9.90. The van der Waals surface area contributed by atoms with Gasteiger partial charge in [-0.25, -0.2) is 5.10 Å². The topological polar surface area (TPSA) is 120 Å². The minimum Gasteiger partial charge on any atom is -0.461 e. The number of nitrogen functional groups attached to an aromatic ring is 1. The number of rotatable bonds is 4. The van der Waals surface area contributed by atoms with E-state index in [0.717, 1.165) is 0 Å². The number of hydrogen-bond acceptors (Lipinski definition) is 8. The van der Waals surface area contributed by atoms with Crippen LogP contribution in [0.5, 0.6) is 0 Å². The van der Waals surface area contributed by atoms with Gasteiger partial charge in [0, 0.05) is 0 Å². The maximum Gasteiger partial charge on any atom is 0.240 e. The first-order chi connectivity index (χ1) is 9.22. The Morgan fingerprint density at radius 1 is 1.42 bits per heavy atom. The Labute approximate surface area is 111 Å². The first-order valence-corrected chi connectivity index (χ1v) is 6.32. The van der Waals surface area contributed by atoms with Crippen molar-refractivity contribution >= 4 is 17.7 Å². The van der Waals surface area contributed by atoms with Crippen LogP contribution in [0.4, 0.5) is 5.95 Å². The standard InChI is InChI=1S/C10H10N6O2S/c1-5(19-10-13-9(11)14-15-10)8-12-7(16-18-8)6-3-2-4-17-6/h2-5H,1H3,(H3,11,13,14,15)/t5-/m1/s1. The maximum absolute atomic E-state index is 5.45. The molecule has 0 amide bonds. The first-order valence-electron chi connectivity index (χ1n) is 5.44. The third kappa shape index (κ3) is 2.45. The van der Waals surface area contributed by atoms with E-state index in [-0.39, 0.29) is 11.2 Å². The van der Waals surface area contributed by atoms with Crippen molar-refractivity contribution in [2.45, 2.75) is 17.3 Å². The molecule has 0 spiro atoms. The fraction of sp³-hybridized carbons (Fsp3) is 0.200. The molecule has 3 heterocycles. The Kier molecular flexibility index (Phi) is 2.95. The van der Waals surface area contributed by atoms with Crippen molar-refractivity contribution in [2.24, 2.45) is 0 Å². The Bertz CT molecular complexity index is 661. The van der Waals surface area contributed by atoms with Gasteiger partial charge in [-0.05, 0) is 19.1 Å². The third-order valence-corrected chi connectivity index (χ3v) is 3.24. The molecule has 0 unspecified atom stereocenters.